The molecule has 6 nitrogen and oxygen atoms in total. The third-order valence-electron chi connectivity index (χ3n) is 3.58. The summed E-state index contributed by atoms with van der Waals surface area (Å²) in [6.07, 6.45) is 2.80. The monoisotopic (exact) mass is 327 g/mol. The molecule has 0 saturated heterocycles. The largest absolute Gasteiger partial charge is 0.500 e. The van der Waals surface area contributed by atoms with Gasteiger partial charge in [0.1, 0.15) is 0 Å². The molecule has 24 heavy (non-hydrogen) atoms. The first kappa shape index (κ1) is 17.2. The van der Waals surface area contributed by atoms with Crippen molar-refractivity contribution < 1.29 is 19.6 Å². The van der Waals surface area contributed by atoms with Crippen LogP contribution in [-0.2, 0) is 0 Å². The van der Waals surface area contributed by atoms with E-state index in [1.54, 1.807) is 6.07 Å². The second-order valence-electron chi connectivity index (χ2n) is 5.36. The summed E-state index contributed by atoms with van der Waals surface area (Å²) in [4.78, 5) is 22.6. The van der Waals surface area contributed by atoms with Gasteiger partial charge in [0.25, 0.3) is 0 Å². The average Bonchev–Trinajstić information content (AvgIpc) is 2.55. The zero-order chi connectivity index (χ0) is 17.9. The van der Waals surface area contributed by atoms with Crippen molar-refractivity contribution in [3.63, 3.8) is 0 Å². The first-order valence-electron chi connectivity index (χ1n) is 7.18. The fourth-order valence-corrected chi connectivity index (χ4v) is 2.27. The van der Waals surface area contributed by atoms with Crippen molar-refractivity contribution in [1.82, 2.24) is 0 Å². The topological polar surface area (TPSA) is 89.7 Å². The summed E-state index contributed by atoms with van der Waals surface area (Å²) in [6.45, 7) is 3.74. The summed E-state index contributed by atoms with van der Waals surface area (Å²) in [7, 11) is 1.30. The van der Waals surface area contributed by atoms with Gasteiger partial charge in [-0.1, -0.05) is 23.8 Å². The second kappa shape index (κ2) is 6.95. The smallest absolute Gasteiger partial charge is 0.315 e. The molecule has 0 heterocycles. The molecule has 0 atom stereocenters. The van der Waals surface area contributed by atoms with E-state index in [0.29, 0.717) is 11.1 Å². The van der Waals surface area contributed by atoms with Gasteiger partial charge >= 0.3 is 5.69 Å². The molecule has 0 aromatic heterocycles. The Bertz CT molecular complexity index is 840. The van der Waals surface area contributed by atoms with Crippen LogP contribution in [-0.4, -0.2) is 22.9 Å². The minimum Gasteiger partial charge on any atom is -0.500 e. The molecule has 0 unspecified atom stereocenters. The third-order valence-corrected chi connectivity index (χ3v) is 3.58. The predicted molar refractivity (Wildman–Crippen MR) is 90.6 cm³/mol. The van der Waals surface area contributed by atoms with Crippen LogP contribution in [0.2, 0.25) is 0 Å². The number of aryl methyl sites for hydroxylation is 2. The molecule has 2 rings (SSSR count). The maximum absolute atomic E-state index is 12.3. The summed E-state index contributed by atoms with van der Waals surface area (Å²) in [5.74, 6) is -0.769. The van der Waals surface area contributed by atoms with E-state index in [1.807, 2.05) is 26.0 Å². The number of hydrogen-bond donors (Lipinski definition) is 1. The Hall–Kier alpha value is -3.15. The Morgan fingerprint density at radius 2 is 1.96 bits per heavy atom. The number of rotatable bonds is 5. The quantitative estimate of drug-likeness (QED) is 0.390. The number of benzene rings is 2. The molecule has 2 aromatic carbocycles. The van der Waals surface area contributed by atoms with E-state index in [-0.39, 0.29) is 11.5 Å². The summed E-state index contributed by atoms with van der Waals surface area (Å²) < 4.78 is 4.93. The average molecular weight is 327 g/mol. The van der Waals surface area contributed by atoms with Gasteiger partial charge in [0, 0.05) is 11.6 Å². The lowest BCUT2D eigenvalue weighted by molar-refractivity contribution is -0.386. The van der Waals surface area contributed by atoms with Crippen LogP contribution in [0.5, 0.6) is 11.5 Å². The number of methoxy groups -OCH3 is 1. The van der Waals surface area contributed by atoms with Gasteiger partial charge in [0.05, 0.1) is 12.0 Å². The van der Waals surface area contributed by atoms with Crippen molar-refractivity contribution in [3.8, 4) is 11.5 Å². The zero-order valence-corrected chi connectivity index (χ0v) is 13.6. The number of nitro groups is 1. The molecule has 6 heteroatoms. The molecule has 0 aliphatic carbocycles. The zero-order valence-electron chi connectivity index (χ0n) is 13.6. The molecule has 0 saturated carbocycles. The van der Waals surface area contributed by atoms with E-state index < -0.39 is 16.4 Å². The van der Waals surface area contributed by atoms with Crippen LogP contribution < -0.4 is 4.74 Å². The van der Waals surface area contributed by atoms with Gasteiger partial charge in [-0.3, -0.25) is 14.9 Å². The number of phenolic OH excluding ortho intramolecular Hbond substituents is 1. The van der Waals surface area contributed by atoms with Crippen LogP contribution in [0.15, 0.2) is 36.4 Å². The van der Waals surface area contributed by atoms with Gasteiger partial charge in [0.2, 0.25) is 5.75 Å². The molecule has 2 aromatic rings. The van der Waals surface area contributed by atoms with Gasteiger partial charge in [-0.2, -0.15) is 0 Å². The highest BCUT2D eigenvalue weighted by atomic mass is 16.6. The lowest BCUT2D eigenvalue weighted by Crippen LogP contribution is -1.98. The first-order valence-corrected chi connectivity index (χ1v) is 7.18. The molecule has 0 bridgehead atoms. The fourth-order valence-electron chi connectivity index (χ4n) is 2.27. The van der Waals surface area contributed by atoms with Crippen molar-refractivity contribution in [2.24, 2.45) is 0 Å². The SMILES string of the molecule is COc1cc(/C=C/C(=O)c2cc(C)ccc2C)cc([N+](=O)[O-])c1O. The Labute approximate surface area is 139 Å². The lowest BCUT2D eigenvalue weighted by atomic mass is 10.0. The van der Waals surface area contributed by atoms with Crippen molar-refractivity contribution >= 4 is 17.5 Å². The molecular weight excluding hydrogens is 310 g/mol. The minimum absolute atomic E-state index is 0.0250. The highest BCUT2D eigenvalue weighted by Gasteiger charge is 2.19. The highest BCUT2D eigenvalue weighted by molar-refractivity contribution is 6.07. The number of carbonyl (C=O) groups excluding carboxylic acids is 1. The molecule has 0 amide bonds. The molecule has 124 valence electrons. The van der Waals surface area contributed by atoms with Gasteiger partial charge in [-0.25, -0.2) is 0 Å². The van der Waals surface area contributed by atoms with Gasteiger partial charge in [0.15, 0.2) is 11.5 Å². The minimum atomic E-state index is -0.707. The summed E-state index contributed by atoms with van der Waals surface area (Å²) in [5.41, 5.74) is 2.30. The van der Waals surface area contributed by atoms with Crippen LogP contribution >= 0.6 is 0 Å². The standard InChI is InChI=1S/C18H17NO5/c1-11-4-5-12(2)14(8-11)16(20)7-6-13-9-15(19(22)23)18(21)17(10-13)24-3/h4-10,21H,1-3H3/b7-6+. The highest BCUT2D eigenvalue weighted by Crippen LogP contribution is 2.37. The Morgan fingerprint density at radius 3 is 2.58 bits per heavy atom. The fraction of sp³-hybridized carbons (Fsp3) is 0.167. The third kappa shape index (κ3) is 3.60. The summed E-state index contributed by atoms with van der Waals surface area (Å²) in [6, 6.07) is 8.19. The first-order chi connectivity index (χ1) is 11.3. The normalized spacial score (nSPS) is 10.8. The molecule has 1 N–H and O–H groups in total. The summed E-state index contributed by atoms with van der Waals surface area (Å²) >= 11 is 0. The van der Waals surface area contributed by atoms with Crippen LogP contribution in [0.25, 0.3) is 6.08 Å². The Balaban J connectivity index is 2.38. The Morgan fingerprint density at radius 1 is 1.25 bits per heavy atom. The maximum atomic E-state index is 12.3. The van der Waals surface area contributed by atoms with Gasteiger partial charge in [-0.15, -0.1) is 0 Å². The number of phenols is 1. The molecular formula is C18H17NO5. The van der Waals surface area contributed by atoms with E-state index in [0.717, 1.165) is 11.1 Å². The number of carbonyl (C=O) groups is 1. The number of aromatic hydroxyl groups is 1. The number of ether oxygens (including phenoxy) is 1. The van der Waals surface area contributed by atoms with Crippen LogP contribution in [0.4, 0.5) is 5.69 Å². The number of ketones is 1. The second-order valence-corrected chi connectivity index (χ2v) is 5.36. The number of hydrogen-bond acceptors (Lipinski definition) is 5. The maximum Gasteiger partial charge on any atom is 0.315 e. The van der Waals surface area contributed by atoms with E-state index in [4.69, 9.17) is 4.74 Å². The summed E-state index contributed by atoms with van der Waals surface area (Å²) in [5, 5.41) is 20.7. The van der Waals surface area contributed by atoms with Crippen molar-refractivity contribution in [2.75, 3.05) is 7.11 Å². The van der Waals surface area contributed by atoms with Gasteiger partial charge in [-0.05, 0) is 43.2 Å². The van der Waals surface area contributed by atoms with Crippen molar-refractivity contribution in [2.45, 2.75) is 13.8 Å². The van der Waals surface area contributed by atoms with E-state index in [9.17, 15) is 20.0 Å². The molecule has 0 radical (unpaired) electrons. The molecule has 0 aliphatic heterocycles. The van der Waals surface area contributed by atoms with E-state index in [1.165, 1.54) is 31.4 Å². The Kier molecular flexibility index (Phi) is 4.99. The molecule has 0 spiro atoms. The predicted octanol–water partition coefficient (Wildman–Crippen LogP) is 3.82. The van der Waals surface area contributed by atoms with Gasteiger partial charge < -0.3 is 9.84 Å². The van der Waals surface area contributed by atoms with Crippen LogP contribution in [0, 0.1) is 24.0 Å². The number of nitro benzene ring substituents is 1. The van der Waals surface area contributed by atoms with Crippen molar-refractivity contribution in [1.29, 1.82) is 0 Å². The van der Waals surface area contributed by atoms with E-state index >= 15 is 0 Å². The number of nitrogens with zero attached hydrogens (tertiary/aromatic N) is 1. The lowest BCUT2D eigenvalue weighted by Gasteiger charge is -2.06. The van der Waals surface area contributed by atoms with E-state index in [2.05, 4.69) is 0 Å². The molecule has 0 aliphatic rings. The van der Waals surface area contributed by atoms with Crippen LogP contribution in [0.3, 0.4) is 0 Å². The van der Waals surface area contributed by atoms with Crippen LogP contribution in [0.1, 0.15) is 27.0 Å². The van der Waals surface area contributed by atoms with Crippen molar-refractivity contribution in [3.05, 3.63) is 68.8 Å². The number of allylic oxidation sites excluding steroid dienone is 1. The molecule has 0 fully saturated rings.